The lowest BCUT2D eigenvalue weighted by molar-refractivity contribution is -0.116. The monoisotopic (exact) mass is 396 g/mol. The van der Waals surface area contributed by atoms with Crippen LogP contribution < -0.4 is 10.6 Å². The Labute approximate surface area is 166 Å². The number of amides is 2. The fraction of sp³-hybridized carbons (Fsp3) is 0.211. The number of hydrogen-bond acceptors (Lipinski definition) is 6. The highest BCUT2D eigenvalue weighted by atomic mass is 32.2. The fourth-order valence-electron chi connectivity index (χ4n) is 2.50. The lowest BCUT2D eigenvalue weighted by Crippen LogP contribution is -2.25. The van der Waals surface area contributed by atoms with Gasteiger partial charge in [-0.15, -0.1) is 5.10 Å². The van der Waals surface area contributed by atoms with Crippen LogP contribution in [0, 0.1) is 0 Å². The van der Waals surface area contributed by atoms with E-state index in [4.69, 9.17) is 0 Å². The van der Waals surface area contributed by atoms with E-state index in [-0.39, 0.29) is 17.1 Å². The van der Waals surface area contributed by atoms with Gasteiger partial charge in [0.15, 0.2) is 0 Å². The van der Waals surface area contributed by atoms with Gasteiger partial charge in [-0.2, -0.15) is 4.68 Å². The second-order valence-electron chi connectivity index (χ2n) is 5.97. The van der Waals surface area contributed by atoms with Crippen LogP contribution in [0.25, 0.3) is 5.69 Å². The van der Waals surface area contributed by atoms with E-state index in [0.717, 1.165) is 5.69 Å². The first-order valence-electron chi connectivity index (χ1n) is 8.75. The van der Waals surface area contributed by atoms with E-state index in [9.17, 15) is 9.59 Å². The average Bonchev–Trinajstić information content (AvgIpc) is 3.16. The lowest BCUT2D eigenvalue weighted by Gasteiger charge is -2.14. The van der Waals surface area contributed by atoms with Crippen molar-refractivity contribution < 1.29 is 9.59 Å². The number of aromatic nitrogens is 4. The van der Waals surface area contributed by atoms with Crippen molar-refractivity contribution in [3.8, 4) is 5.69 Å². The number of benzene rings is 2. The molecule has 0 saturated heterocycles. The minimum Gasteiger partial charge on any atom is -0.326 e. The molecule has 0 spiro atoms. The summed E-state index contributed by atoms with van der Waals surface area (Å²) in [6, 6.07) is 16.5. The van der Waals surface area contributed by atoms with Crippen LogP contribution in [0.4, 0.5) is 11.4 Å². The summed E-state index contributed by atoms with van der Waals surface area (Å²) in [6.07, 6.45) is 0.613. The highest BCUT2D eigenvalue weighted by Gasteiger charge is 2.22. The predicted molar refractivity (Wildman–Crippen MR) is 108 cm³/mol. The topological polar surface area (TPSA) is 102 Å². The van der Waals surface area contributed by atoms with Crippen LogP contribution in [0.15, 0.2) is 59.8 Å². The molecule has 1 aromatic heterocycles. The van der Waals surface area contributed by atoms with Gasteiger partial charge in [-0.1, -0.05) is 36.9 Å². The summed E-state index contributed by atoms with van der Waals surface area (Å²) in [6.45, 7) is 3.38. The van der Waals surface area contributed by atoms with Crippen molar-refractivity contribution >= 4 is 35.0 Å². The van der Waals surface area contributed by atoms with Crippen molar-refractivity contribution in [1.29, 1.82) is 0 Å². The molecule has 0 aliphatic carbocycles. The molecule has 3 aromatic rings. The van der Waals surface area contributed by atoms with Crippen LogP contribution in [0.2, 0.25) is 0 Å². The number of thioether (sulfide) groups is 1. The molecule has 0 aliphatic heterocycles. The normalized spacial score (nSPS) is 11.6. The van der Waals surface area contributed by atoms with Crippen LogP contribution in [-0.4, -0.2) is 37.3 Å². The van der Waals surface area contributed by atoms with Crippen molar-refractivity contribution in [2.24, 2.45) is 0 Å². The Balaban J connectivity index is 1.68. The molecule has 0 bridgehead atoms. The zero-order valence-electron chi connectivity index (χ0n) is 15.5. The Morgan fingerprint density at radius 3 is 2.29 bits per heavy atom. The molecule has 9 heteroatoms. The molecule has 0 radical (unpaired) electrons. The summed E-state index contributed by atoms with van der Waals surface area (Å²) >= 11 is 1.31. The third kappa shape index (κ3) is 4.95. The van der Waals surface area contributed by atoms with Crippen molar-refractivity contribution in [3.05, 3.63) is 54.6 Å². The Bertz CT molecular complexity index is 943. The van der Waals surface area contributed by atoms with E-state index < -0.39 is 0 Å². The number of anilines is 2. The number of nitrogens with zero attached hydrogens (tertiary/aromatic N) is 4. The second-order valence-corrected chi connectivity index (χ2v) is 7.14. The minimum atomic E-state index is -0.358. The molecule has 0 saturated carbocycles. The SMILES string of the molecule is CCC(Sc1nnnn1-c1ccccc1)C(=O)Nc1ccc(NC(C)=O)cc1. The molecule has 1 heterocycles. The van der Waals surface area contributed by atoms with Crippen LogP contribution in [0.1, 0.15) is 20.3 Å². The highest BCUT2D eigenvalue weighted by Crippen LogP contribution is 2.26. The summed E-state index contributed by atoms with van der Waals surface area (Å²) in [5.41, 5.74) is 2.16. The van der Waals surface area contributed by atoms with Gasteiger partial charge < -0.3 is 10.6 Å². The number of rotatable bonds is 7. The van der Waals surface area contributed by atoms with E-state index >= 15 is 0 Å². The zero-order chi connectivity index (χ0) is 19.9. The van der Waals surface area contributed by atoms with E-state index in [2.05, 4.69) is 26.2 Å². The molecule has 2 amide bonds. The molecule has 0 fully saturated rings. The summed E-state index contributed by atoms with van der Waals surface area (Å²) in [7, 11) is 0. The molecule has 1 atom stereocenters. The van der Waals surface area contributed by atoms with Gasteiger partial charge in [0.05, 0.1) is 10.9 Å². The quantitative estimate of drug-likeness (QED) is 0.595. The van der Waals surface area contributed by atoms with E-state index in [0.29, 0.717) is 23.0 Å². The molecule has 3 rings (SSSR count). The maximum absolute atomic E-state index is 12.7. The van der Waals surface area contributed by atoms with Gasteiger partial charge >= 0.3 is 0 Å². The Kier molecular flexibility index (Phi) is 6.38. The number of carbonyl (C=O) groups is 2. The van der Waals surface area contributed by atoms with Gasteiger partial charge in [0.1, 0.15) is 0 Å². The van der Waals surface area contributed by atoms with Gasteiger partial charge in [-0.05, 0) is 53.2 Å². The summed E-state index contributed by atoms with van der Waals surface area (Å²) in [5.74, 6) is -0.280. The zero-order valence-corrected chi connectivity index (χ0v) is 16.3. The van der Waals surface area contributed by atoms with Crippen molar-refractivity contribution in [1.82, 2.24) is 20.2 Å². The molecule has 28 heavy (non-hydrogen) atoms. The number of para-hydroxylation sites is 1. The van der Waals surface area contributed by atoms with Gasteiger partial charge in [-0.25, -0.2) is 0 Å². The predicted octanol–water partition coefficient (Wildman–Crippen LogP) is 3.13. The third-order valence-corrected chi connectivity index (χ3v) is 5.12. The number of nitrogens with one attached hydrogen (secondary N) is 2. The first kappa shape index (κ1) is 19.6. The lowest BCUT2D eigenvalue weighted by atomic mass is 10.2. The van der Waals surface area contributed by atoms with Crippen molar-refractivity contribution in [3.63, 3.8) is 0 Å². The molecule has 2 N–H and O–H groups in total. The summed E-state index contributed by atoms with van der Waals surface area (Å²) < 4.78 is 1.61. The standard InChI is InChI=1S/C19H20N6O2S/c1-3-17(18(27)21-15-11-9-14(10-12-15)20-13(2)26)28-19-22-23-24-25(19)16-7-5-4-6-8-16/h4-12,17H,3H2,1-2H3,(H,20,26)(H,21,27). The minimum absolute atomic E-state index is 0.137. The molecular weight excluding hydrogens is 376 g/mol. The molecule has 144 valence electrons. The van der Waals surface area contributed by atoms with Crippen molar-refractivity contribution in [2.75, 3.05) is 10.6 Å². The van der Waals surface area contributed by atoms with Gasteiger partial charge in [0, 0.05) is 18.3 Å². The Morgan fingerprint density at radius 1 is 1.04 bits per heavy atom. The fourth-order valence-corrected chi connectivity index (χ4v) is 3.41. The van der Waals surface area contributed by atoms with Crippen LogP contribution in [0.5, 0.6) is 0 Å². The molecule has 0 aliphatic rings. The van der Waals surface area contributed by atoms with E-state index in [1.807, 2.05) is 37.3 Å². The second kappa shape index (κ2) is 9.14. The highest BCUT2D eigenvalue weighted by molar-refractivity contribution is 8.00. The largest absolute Gasteiger partial charge is 0.326 e. The average molecular weight is 396 g/mol. The number of hydrogen-bond donors (Lipinski definition) is 2. The van der Waals surface area contributed by atoms with Crippen LogP contribution in [-0.2, 0) is 9.59 Å². The smallest absolute Gasteiger partial charge is 0.237 e. The van der Waals surface area contributed by atoms with Gasteiger partial charge in [0.2, 0.25) is 17.0 Å². The maximum Gasteiger partial charge on any atom is 0.237 e. The number of carbonyl (C=O) groups excluding carboxylic acids is 2. The first-order chi connectivity index (χ1) is 13.6. The van der Waals surface area contributed by atoms with Crippen LogP contribution >= 0.6 is 11.8 Å². The molecule has 8 nitrogen and oxygen atoms in total. The van der Waals surface area contributed by atoms with E-state index in [1.54, 1.807) is 28.9 Å². The molecule has 2 aromatic carbocycles. The summed E-state index contributed by atoms with van der Waals surface area (Å²) in [4.78, 5) is 23.8. The Hall–Kier alpha value is -3.20. The summed E-state index contributed by atoms with van der Waals surface area (Å²) in [5, 5.41) is 17.6. The molecular formula is C19H20N6O2S. The number of tetrazole rings is 1. The van der Waals surface area contributed by atoms with Gasteiger partial charge in [0.25, 0.3) is 0 Å². The third-order valence-electron chi connectivity index (χ3n) is 3.83. The van der Waals surface area contributed by atoms with E-state index in [1.165, 1.54) is 18.7 Å². The van der Waals surface area contributed by atoms with Crippen LogP contribution in [0.3, 0.4) is 0 Å². The van der Waals surface area contributed by atoms with Crippen molar-refractivity contribution in [2.45, 2.75) is 30.7 Å². The van der Waals surface area contributed by atoms with Gasteiger partial charge in [-0.3, -0.25) is 9.59 Å². The maximum atomic E-state index is 12.7. The molecule has 1 unspecified atom stereocenters. The Morgan fingerprint density at radius 2 is 1.68 bits per heavy atom. The first-order valence-corrected chi connectivity index (χ1v) is 9.63.